The van der Waals surface area contributed by atoms with Crippen LogP contribution in [0.2, 0.25) is 5.02 Å². The Kier molecular flexibility index (Phi) is 4.28. The average molecular weight is 386 g/mol. The van der Waals surface area contributed by atoms with Crippen molar-refractivity contribution in [2.75, 3.05) is 25.2 Å². The average Bonchev–Trinajstić information content (AvgIpc) is 2.94. The quantitative estimate of drug-likeness (QED) is 0.584. The number of halogens is 1. The van der Waals surface area contributed by atoms with Crippen molar-refractivity contribution >= 4 is 40.4 Å². The van der Waals surface area contributed by atoms with E-state index in [4.69, 9.17) is 25.8 Å². The summed E-state index contributed by atoms with van der Waals surface area (Å²) in [6.45, 7) is 2.28. The molecule has 138 valence electrons. The summed E-state index contributed by atoms with van der Waals surface area (Å²) < 4.78 is 16.8. The molecule has 2 heterocycles. The Morgan fingerprint density at radius 1 is 1.11 bits per heavy atom. The van der Waals surface area contributed by atoms with Crippen molar-refractivity contribution in [1.29, 1.82) is 0 Å². The molecule has 2 aromatic carbocycles. The number of fused-ring (bicyclic) bond motifs is 2. The first-order valence-corrected chi connectivity index (χ1v) is 8.72. The van der Waals surface area contributed by atoms with Gasteiger partial charge < -0.3 is 14.2 Å². The predicted molar refractivity (Wildman–Crippen MR) is 101 cm³/mol. The number of ether oxygens (including phenoxy) is 3. The number of benzene rings is 2. The fourth-order valence-corrected chi connectivity index (χ4v) is 3.48. The Hall–Kier alpha value is -2.99. The van der Waals surface area contributed by atoms with Gasteiger partial charge in [-0.25, -0.2) is 4.90 Å². The maximum atomic E-state index is 13.0. The van der Waals surface area contributed by atoms with Gasteiger partial charge in [0.2, 0.25) is 5.91 Å². The zero-order valence-corrected chi connectivity index (χ0v) is 15.5. The molecule has 2 amide bonds. The molecule has 0 aliphatic carbocycles. The number of hydrogen-bond acceptors (Lipinski definition) is 5. The molecule has 2 aliphatic rings. The number of carbonyl (C=O) groups excluding carboxylic acids is 2. The monoisotopic (exact) mass is 385 g/mol. The van der Waals surface area contributed by atoms with Gasteiger partial charge in [-0.15, -0.1) is 0 Å². The minimum absolute atomic E-state index is 0.302. The summed E-state index contributed by atoms with van der Waals surface area (Å²) in [5.74, 6) is 0.729. The first-order valence-electron chi connectivity index (χ1n) is 8.34. The van der Waals surface area contributed by atoms with Crippen molar-refractivity contribution in [1.82, 2.24) is 0 Å². The minimum Gasteiger partial charge on any atom is -0.495 e. The standard InChI is InChI=1S/C20H16ClNO5/c1-11(23)22-15-10-13(21)4-5-14(15)18(20(22)24)19(25-2)12-3-6-16-17(9-12)27-8-7-26-16/h3-6,9-10H,7-8H2,1-2H3/b19-18+. The number of anilines is 1. The molecule has 4 rings (SSSR count). The van der Waals surface area contributed by atoms with E-state index < -0.39 is 11.8 Å². The van der Waals surface area contributed by atoms with Crippen molar-refractivity contribution in [3.05, 3.63) is 52.5 Å². The van der Waals surface area contributed by atoms with Crippen LogP contribution in [0.4, 0.5) is 5.69 Å². The summed E-state index contributed by atoms with van der Waals surface area (Å²) in [7, 11) is 1.48. The van der Waals surface area contributed by atoms with E-state index in [2.05, 4.69) is 0 Å². The van der Waals surface area contributed by atoms with Crippen LogP contribution in [0.5, 0.6) is 11.5 Å². The Balaban J connectivity index is 1.92. The van der Waals surface area contributed by atoms with Crippen LogP contribution < -0.4 is 14.4 Å². The van der Waals surface area contributed by atoms with E-state index in [0.717, 1.165) is 4.90 Å². The molecule has 0 atom stereocenters. The Morgan fingerprint density at radius 2 is 1.85 bits per heavy atom. The van der Waals surface area contributed by atoms with Gasteiger partial charge in [-0.05, 0) is 30.3 Å². The van der Waals surface area contributed by atoms with Crippen molar-refractivity contribution in [2.45, 2.75) is 6.92 Å². The van der Waals surface area contributed by atoms with Gasteiger partial charge >= 0.3 is 0 Å². The second-order valence-corrected chi connectivity index (χ2v) is 6.52. The summed E-state index contributed by atoms with van der Waals surface area (Å²) in [6.07, 6.45) is 0. The largest absolute Gasteiger partial charge is 0.495 e. The molecule has 2 aliphatic heterocycles. The third-order valence-corrected chi connectivity index (χ3v) is 4.67. The topological polar surface area (TPSA) is 65.1 Å². The van der Waals surface area contributed by atoms with E-state index >= 15 is 0 Å². The van der Waals surface area contributed by atoms with E-state index in [-0.39, 0.29) is 0 Å². The first kappa shape index (κ1) is 17.4. The zero-order chi connectivity index (χ0) is 19.1. The fraction of sp³-hybridized carbons (Fsp3) is 0.200. The molecule has 2 aromatic rings. The lowest BCUT2D eigenvalue weighted by atomic mass is 10.0. The van der Waals surface area contributed by atoms with Gasteiger partial charge in [-0.3, -0.25) is 9.59 Å². The van der Waals surface area contributed by atoms with Gasteiger partial charge in [-0.2, -0.15) is 0 Å². The smallest absolute Gasteiger partial charge is 0.269 e. The van der Waals surface area contributed by atoms with Gasteiger partial charge in [0.05, 0.1) is 18.4 Å². The molecule has 6 nitrogen and oxygen atoms in total. The summed E-state index contributed by atoms with van der Waals surface area (Å²) >= 11 is 6.07. The maximum absolute atomic E-state index is 13.0. The summed E-state index contributed by atoms with van der Waals surface area (Å²) in [4.78, 5) is 26.2. The number of hydrogen-bond donors (Lipinski definition) is 0. The summed E-state index contributed by atoms with van der Waals surface area (Å²) in [5.41, 5.74) is 1.99. The van der Waals surface area contributed by atoms with Crippen molar-refractivity contribution in [2.24, 2.45) is 0 Å². The van der Waals surface area contributed by atoms with Crippen molar-refractivity contribution in [3.8, 4) is 11.5 Å². The molecule has 0 aromatic heterocycles. The highest BCUT2D eigenvalue weighted by Gasteiger charge is 2.38. The van der Waals surface area contributed by atoms with Gasteiger partial charge in [0.25, 0.3) is 5.91 Å². The molecule has 0 saturated carbocycles. The van der Waals surface area contributed by atoms with Crippen LogP contribution in [0.25, 0.3) is 11.3 Å². The van der Waals surface area contributed by atoms with E-state index in [9.17, 15) is 9.59 Å². The maximum Gasteiger partial charge on any atom is 0.269 e. The molecule has 27 heavy (non-hydrogen) atoms. The van der Waals surface area contributed by atoms with Crippen LogP contribution in [0.1, 0.15) is 18.1 Å². The van der Waals surface area contributed by atoms with E-state index in [1.165, 1.54) is 14.0 Å². The zero-order valence-electron chi connectivity index (χ0n) is 14.7. The number of amides is 2. The second kappa shape index (κ2) is 6.63. The molecule has 0 fully saturated rings. The first-order chi connectivity index (χ1) is 13.0. The van der Waals surface area contributed by atoms with Crippen molar-refractivity contribution < 1.29 is 23.8 Å². The Labute approximate surface area is 160 Å². The van der Waals surface area contributed by atoms with Gasteiger partial charge in [0, 0.05) is 23.1 Å². The highest BCUT2D eigenvalue weighted by Crippen LogP contribution is 2.43. The lowest BCUT2D eigenvalue weighted by molar-refractivity contribution is -0.122. The number of imide groups is 1. The highest BCUT2D eigenvalue weighted by molar-refractivity contribution is 6.43. The Bertz CT molecular complexity index is 998. The van der Waals surface area contributed by atoms with Crippen LogP contribution >= 0.6 is 11.6 Å². The predicted octanol–water partition coefficient (Wildman–Crippen LogP) is 3.52. The van der Waals surface area contributed by atoms with Crippen LogP contribution in [0.15, 0.2) is 36.4 Å². The van der Waals surface area contributed by atoms with Gasteiger partial charge in [-0.1, -0.05) is 17.7 Å². The number of nitrogens with zero attached hydrogens (tertiary/aromatic N) is 1. The molecule has 0 radical (unpaired) electrons. The fourth-order valence-electron chi connectivity index (χ4n) is 3.32. The lowest BCUT2D eigenvalue weighted by Gasteiger charge is -2.19. The third kappa shape index (κ3) is 2.82. The third-order valence-electron chi connectivity index (χ3n) is 4.44. The Morgan fingerprint density at radius 3 is 2.56 bits per heavy atom. The van der Waals surface area contributed by atoms with E-state index in [0.29, 0.717) is 57.9 Å². The molecule has 0 saturated heterocycles. The SMILES string of the molecule is CO/C(=C1/C(=O)N(C(C)=O)c2cc(Cl)ccc21)c1ccc2c(c1)OCCO2. The second-order valence-electron chi connectivity index (χ2n) is 6.09. The van der Waals surface area contributed by atoms with Crippen molar-refractivity contribution in [3.63, 3.8) is 0 Å². The molecule has 0 bridgehead atoms. The van der Waals surface area contributed by atoms with Gasteiger partial charge in [0.1, 0.15) is 19.0 Å². The van der Waals surface area contributed by atoms with Crippen LogP contribution in [0, 0.1) is 0 Å². The summed E-state index contributed by atoms with van der Waals surface area (Å²) in [5, 5.41) is 0.437. The highest BCUT2D eigenvalue weighted by atomic mass is 35.5. The molecule has 0 spiro atoms. The molecule has 0 unspecified atom stereocenters. The lowest BCUT2D eigenvalue weighted by Crippen LogP contribution is -2.31. The molecule has 0 N–H and O–H groups in total. The van der Waals surface area contributed by atoms with Gasteiger partial charge in [0.15, 0.2) is 11.5 Å². The van der Waals surface area contributed by atoms with Crippen LogP contribution in [-0.4, -0.2) is 32.1 Å². The number of rotatable bonds is 2. The van der Waals surface area contributed by atoms with Crippen LogP contribution in [0.3, 0.4) is 0 Å². The van der Waals surface area contributed by atoms with E-state index in [1.54, 1.807) is 36.4 Å². The molecular weight excluding hydrogens is 370 g/mol. The van der Waals surface area contributed by atoms with E-state index in [1.807, 2.05) is 0 Å². The molecular formula is C20H16ClNO5. The summed E-state index contributed by atoms with van der Waals surface area (Å²) in [6, 6.07) is 10.3. The number of methoxy groups -OCH3 is 1. The normalized spacial score (nSPS) is 16.9. The molecule has 7 heteroatoms. The minimum atomic E-state index is -0.452. The number of carbonyl (C=O) groups is 2. The van der Waals surface area contributed by atoms with Crippen LogP contribution in [-0.2, 0) is 14.3 Å².